The van der Waals surface area contributed by atoms with E-state index in [-0.39, 0.29) is 31.1 Å². The molecule has 0 aliphatic heterocycles. The van der Waals surface area contributed by atoms with Gasteiger partial charge in [0.2, 0.25) is 0 Å². The Hall–Kier alpha value is -2.63. The number of ether oxygens (including phenoxy) is 3. The molecule has 69 heavy (non-hydrogen) atoms. The Morgan fingerprint density at radius 1 is 0.304 bits per heavy atom. The first-order valence-electron chi connectivity index (χ1n) is 30.1. The SMILES string of the molecule is CC/C=C\C/C=C\C/C=C\C/C=C\CCCCCCCCCCC(=O)OCC(COC(=O)CCCCCCCCCCCCCCC)OC(=O)CCCCCCCCCCCCCCCCCCC. The van der Waals surface area contributed by atoms with Crippen LogP contribution in [-0.4, -0.2) is 37.2 Å². The molecular formula is C63H114O6. The Morgan fingerprint density at radius 2 is 0.565 bits per heavy atom. The van der Waals surface area contributed by atoms with Crippen molar-refractivity contribution in [3.05, 3.63) is 48.6 Å². The molecule has 0 saturated carbocycles. The van der Waals surface area contributed by atoms with E-state index in [4.69, 9.17) is 14.2 Å². The van der Waals surface area contributed by atoms with Crippen LogP contribution >= 0.6 is 0 Å². The van der Waals surface area contributed by atoms with Crippen LogP contribution in [0.2, 0.25) is 0 Å². The van der Waals surface area contributed by atoms with E-state index in [9.17, 15) is 14.4 Å². The van der Waals surface area contributed by atoms with Crippen molar-refractivity contribution < 1.29 is 28.6 Å². The first-order chi connectivity index (χ1) is 34.0. The fourth-order valence-electron chi connectivity index (χ4n) is 8.85. The van der Waals surface area contributed by atoms with Gasteiger partial charge >= 0.3 is 17.9 Å². The molecule has 0 aromatic carbocycles. The highest BCUT2D eigenvalue weighted by molar-refractivity contribution is 5.71. The first kappa shape index (κ1) is 66.4. The molecule has 0 fully saturated rings. The molecule has 402 valence electrons. The normalized spacial score (nSPS) is 12.3. The summed E-state index contributed by atoms with van der Waals surface area (Å²) in [6.07, 6.45) is 71.0. The van der Waals surface area contributed by atoms with E-state index < -0.39 is 6.10 Å². The zero-order valence-electron chi connectivity index (χ0n) is 46.1. The second-order valence-electron chi connectivity index (χ2n) is 20.2. The minimum atomic E-state index is -0.772. The number of hydrogen-bond acceptors (Lipinski definition) is 6. The number of allylic oxidation sites excluding steroid dienone is 8. The lowest BCUT2D eigenvalue weighted by Gasteiger charge is -2.18. The summed E-state index contributed by atoms with van der Waals surface area (Å²) in [6, 6.07) is 0. The van der Waals surface area contributed by atoms with Crippen LogP contribution in [0, 0.1) is 0 Å². The van der Waals surface area contributed by atoms with Gasteiger partial charge in [-0.15, -0.1) is 0 Å². The summed E-state index contributed by atoms with van der Waals surface area (Å²) >= 11 is 0. The first-order valence-corrected chi connectivity index (χ1v) is 30.1. The molecule has 0 amide bonds. The van der Waals surface area contributed by atoms with Gasteiger partial charge in [0.05, 0.1) is 0 Å². The number of carbonyl (C=O) groups excluding carboxylic acids is 3. The molecule has 6 heteroatoms. The van der Waals surface area contributed by atoms with Gasteiger partial charge in [0.25, 0.3) is 0 Å². The highest BCUT2D eigenvalue weighted by atomic mass is 16.6. The summed E-state index contributed by atoms with van der Waals surface area (Å²) in [5.74, 6) is -0.859. The Kier molecular flexibility index (Phi) is 55.7. The van der Waals surface area contributed by atoms with Crippen molar-refractivity contribution in [3.63, 3.8) is 0 Å². The predicted octanol–water partition coefficient (Wildman–Crippen LogP) is 20.2. The fraction of sp³-hybridized carbons (Fsp3) is 0.825. The summed E-state index contributed by atoms with van der Waals surface area (Å²) < 4.78 is 16.9. The Labute approximate surface area is 428 Å². The molecule has 0 aromatic heterocycles. The van der Waals surface area contributed by atoms with Crippen molar-refractivity contribution >= 4 is 17.9 Å². The van der Waals surface area contributed by atoms with Crippen molar-refractivity contribution in [1.29, 1.82) is 0 Å². The van der Waals surface area contributed by atoms with E-state index in [1.54, 1.807) is 0 Å². The zero-order chi connectivity index (χ0) is 50.0. The minimum absolute atomic E-state index is 0.0706. The molecule has 0 N–H and O–H groups in total. The Morgan fingerprint density at radius 3 is 0.884 bits per heavy atom. The molecule has 1 atom stereocenters. The highest BCUT2D eigenvalue weighted by Gasteiger charge is 2.19. The van der Waals surface area contributed by atoms with Crippen LogP contribution in [0.3, 0.4) is 0 Å². The van der Waals surface area contributed by atoms with Crippen molar-refractivity contribution in [2.75, 3.05) is 13.2 Å². The third kappa shape index (κ3) is 56.2. The van der Waals surface area contributed by atoms with Gasteiger partial charge in [0.15, 0.2) is 6.10 Å². The molecule has 0 radical (unpaired) electrons. The third-order valence-electron chi connectivity index (χ3n) is 13.3. The molecule has 0 aliphatic rings. The predicted molar refractivity (Wildman–Crippen MR) is 298 cm³/mol. The van der Waals surface area contributed by atoms with Crippen molar-refractivity contribution in [2.24, 2.45) is 0 Å². The second kappa shape index (κ2) is 57.9. The van der Waals surface area contributed by atoms with Gasteiger partial charge < -0.3 is 14.2 Å². The molecule has 0 heterocycles. The maximum Gasteiger partial charge on any atom is 0.306 e. The average molecular weight is 968 g/mol. The van der Waals surface area contributed by atoms with Gasteiger partial charge in [-0.05, 0) is 57.8 Å². The van der Waals surface area contributed by atoms with Crippen molar-refractivity contribution in [1.82, 2.24) is 0 Å². The van der Waals surface area contributed by atoms with Crippen LogP contribution in [-0.2, 0) is 28.6 Å². The van der Waals surface area contributed by atoms with Crippen LogP contribution in [0.1, 0.15) is 316 Å². The highest BCUT2D eigenvalue weighted by Crippen LogP contribution is 2.17. The lowest BCUT2D eigenvalue weighted by Crippen LogP contribution is -2.30. The Bertz CT molecular complexity index is 1200. The van der Waals surface area contributed by atoms with Crippen LogP contribution in [0.4, 0.5) is 0 Å². The molecule has 0 bridgehead atoms. The van der Waals surface area contributed by atoms with E-state index in [1.807, 2.05) is 0 Å². The molecule has 0 spiro atoms. The second-order valence-corrected chi connectivity index (χ2v) is 20.2. The molecule has 1 unspecified atom stereocenters. The molecule has 0 aromatic rings. The van der Waals surface area contributed by atoms with Crippen LogP contribution in [0.25, 0.3) is 0 Å². The standard InChI is InChI=1S/C63H114O6/c1-4-7-10-13-16-19-22-25-27-29-30-31-32-34-35-38-41-44-47-50-53-56-62(65)68-59-60(58-67-61(64)55-52-49-46-43-40-37-24-21-18-15-12-9-6-3)69-63(66)57-54-51-48-45-42-39-36-33-28-26-23-20-17-14-11-8-5-2/h7,10,16,19,25,27,30-31,60H,4-6,8-9,11-15,17-18,20-24,26,28-29,32-59H2,1-3H3/b10-7-,19-16-,27-25-,31-30-. The molecule has 0 aliphatic carbocycles. The summed E-state index contributed by atoms with van der Waals surface area (Å²) in [5.41, 5.74) is 0. The van der Waals surface area contributed by atoms with Crippen LogP contribution < -0.4 is 0 Å². The van der Waals surface area contributed by atoms with Gasteiger partial charge in [-0.25, -0.2) is 0 Å². The monoisotopic (exact) mass is 967 g/mol. The summed E-state index contributed by atoms with van der Waals surface area (Å²) in [4.78, 5) is 38.2. The molecule has 6 nitrogen and oxygen atoms in total. The maximum absolute atomic E-state index is 12.9. The van der Waals surface area contributed by atoms with E-state index in [1.165, 1.54) is 186 Å². The number of rotatable bonds is 55. The lowest BCUT2D eigenvalue weighted by atomic mass is 10.0. The molecular weight excluding hydrogens is 853 g/mol. The third-order valence-corrected chi connectivity index (χ3v) is 13.3. The van der Waals surface area contributed by atoms with Gasteiger partial charge in [-0.3, -0.25) is 14.4 Å². The fourth-order valence-corrected chi connectivity index (χ4v) is 8.85. The summed E-state index contributed by atoms with van der Waals surface area (Å²) in [5, 5.41) is 0. The van der Waals surface area contributed by atoms with E-state index >= 15 is 0 Å². The quantitative estimate of drug-likeness (QED) is 0.0262. The van der Waals surface area contributed by atoms with Gasteiger partial charge in [-0.2, -0.15) is 0 Å². The summed E-state index contributed by atoms with van der Waals surface area (Å²) in [6.45, 7) is 6.57. The average Bonchev–Trinajstić information content (AvgIpc) is 3.35. The van der Waals surface area contributed by atoms with E-state index in [2.05, 4.69) is 69.4 Å². The number of esters is 3. The van der Waals surface area contributed by atoms with Crippen molar-refractivity contribution in [2.45, 2.75) is 322 Å². The van der Waals surface area contributed by atoms with Crippen molar-refractivity contribution in [3.8, 4) is 0 Å². The largest absolute Gasteiger partial charge is 0.462 e. The Balaban J connectivity index is 4.32. The smallest absolute Gasteiger partial charge is 0.306 e. The number of hydrogen-bond donors (Lipinski definition) is 0. The number of carbonyl (C=O) groups is 3. The molecule has 0 rings (SSSR count). The minimum Gasteiger partial charge on any atom is -0.462 e. The van der Waals surface area contributed by atoms with Gasteiger partial charge in [0, 0.05) is 19.3 Å². The van der Waals surface area contributed by atoms with E-state index in [0.29, 0.717) is 19.3 Å². The summed E-state index contributed by atoms with van der Waals surface area (Å²) in [7, 11) is 0. The van der Waals surface area contributed by atoms with Crippen LogP contribution in [0.15, 0.2) is 48.6 Å². The van der Waals surface area contributed by atoms with Gasteiger partial charge in [-0.1, -0.05) is 288 Å². The maximum atomic E-state index is 12.9. The topological polar surface area (TPSA) is 78.9 Å². The zero-order valence-corrected chi connectivity index (χ0v) is 46.1. The number of unbranched alkanes of at least 4 members (excludes halogenated alkanes) is 36. The van der Waals surface area contributed by atoms with Gasteiger partial charge in [0.1, 0.15) is 13.2 Å². The molecule has 0 saturated heterocycles. The lowest BCUT2D eigenvalue weighted by molar-refractivity contribution is -0.167. The van der Waals surface area contributed by atoms with E-state index in [0.717, 1.165) is 89.9 Å². The van der Waals surface area contributed by atoms with Crippen LogP contribution in [0.5, 0.6) is 0 Å².